The Morgan fingerprint density at radius 1 is 0.958 bits per heavy atom. The summed E-state index contributed by atoms with van der Waals surface area (Å²) in [5.74, 6) is 0.601. The Morgan fingerprint density at radius 2 is 1.67 bits per heavy atom. The Bertz CT molecular complexity index is 832. The van der Waals surface area contributed by atoms with E-state index in [1.54, 1.807) is 42.7 Å². The highest BCUT2D eigenvalue weighted by Gasteiger charge is 2.12. The van der Waals surface area contributed by atoms with Gasteiger partial charge in [-0.05, 0) is 38.1 Å². The molecular weight excluding hydrogens is 307 g/mol. The van der Waals surface area contributed by atoms with Gasteiger partial charge in [0.1, 0.15) is 5.82 Å². The molecule has 0 saturated carbocycles. The van der Waals surface area contributed by atoms with Crippen molar-refractivity contribution in [2.24, 2.45) is 0 Å². The molecule has 0 amide bonds. The first-order valence-electron chi connectivity index (χ1n) is 7.56. The van der Waals surface area contributed by atoms with Crippen molar-refractivity contribution in [3.63, 3.8) is 0 Å². The predicted octanol–water partition coefficient (Wildman–Crippen LogP) is 4.13. The Hall–Kier alpha value is -3.09. The molecule has 3 rings (SSSR count). The number of aromatic nitrogens is 4. The van der Waals surface area contributed by atoms with Gasteiger partial charge in [-0.25, -0.2) is 4.39 Å². The van der Waals surface area contributed by atoms with E-state index < -0.39 is 0 Å². The average Bonchev–Trinajstić information content (AvgIpc) is 2.55. The van der Waals surface area contributed by atoms with Crippen molar-refractivity contribution in [2.45, 2.75) is 19.9 Å². The van der Waals surface area contributed by atoms with Crippen LogP contribution in [0.5, 0.6) is 0 Å². The number of halogens is 1. The summed E-state index contributed by atoms with van der Waals surface area (Å²) in [6.45, 7) is 3.95. The minimum absolute atomic E-state index is 0. The number of pyridine rings is 1. The molecule has 0 aliphatic carbocycles. The van der Waals surface area contributed by atoms with Crippen molar-refractivity contribution < 1.29 is 7.24 Å². The fourth-order valence-electron chi connectivity index (χ4n) is 2.08. The minimum Gasteiger partial charge on any atom is -0.352 e. The van der Waals surface area contributed by atoms with Crippen LogP contribution in [0.3, 0.4) is 0 Å². The van der Waals surface area contributed by atoms with Crippen LogP contribution in [0.1, 0.15) is 16.7 Å². The number of hydrogen-bond acceptors (Lipinski definition) is 6. The summed E-state index contributed by atoms with van der Waals surface area (Å²) in [5.41, 5.74) is 1.11. The summed E-state index contributed by atoms with van der Waals surface area (Å²) >= 11 is 0. The van der Waals surface area contributed by atoms with E-state index in [1.165, 1.54) is 6.07 Å². The Morgan fingerprint density at radius 3 is 2.38 bits per heavy atom. The lowest BCUT2D eigenvalue weighted by atomic mass is 10.2. The largest absolute Gasteiger partial charge is 0.352 e. The highest BCUT2D eigenvalue weighted by Crippen LogP contribution is 2.22. The number of rotatable bonds is 5. The fourth-order valence-corrected chi connectivity index (χ4v) is 2.08. The van der Waals surface area contributed by atoms with Gasteiger partial charge in [-0.3, -0.25) is 4.98 Å². The van der Waals surface area contributed by atoms with Crippen LogP contribution in [-0.2, 0) is 0 Å². The van der Waals surface area contributed by atoms with Gasteiger partial charge >= 0.3 is 0 Å². The number of anilines is 3. The normalized spacial score (nSPS) is 10.7. The van der Waals surface area contributed by atoms with Crippen LogP contribution in [0.4, 0.5) is 22.0 Å². The molecule has 0 aliphatic heterocycles. The first-order chi connectivity index (χ1) is 11.6. The van der Waals surface area contributed by atoms with Gasteiger partial charge < -0.3 is 10.6 Å². The molecule has 0 aliphatic rings. The van der Waals surface area contributed by atoms with Gasteiger partial charge in [-0.15, -0.1) is 0 Å². The first kappa shape index (κ1) is 15.8. The molecule has 0 unspecified atom stereocenters. The molecule has 126 valence electrons. The lowest BCUT2D eigenvalue weighted by Crippen LogP contribution is -2.14. The lowest BCUT2D eigenvalue weighted by molar-refractivity contribution is 0.630. The smallest absolute Gasteiger partial charge is 0.232 e. The Balaban J connectivity index is 0.00000169. The van der Waals surface area contributed by atoms with Crippen molar-refractivity contribution in [1.29, 1.82) is 0 Å². The maximum Gasteiger partial charge on any atom is 0.232 e. The number of nitrogens with zero attached hydrogens (tertiary/aromatic N) is 4. The van der Waals surface area contributed by atoms with Gasteiger partial charge in [0.2, 0.25) is 11.9 Å². The van der Waals surface area contributed by atoms with Crippen LogP contribution in [0.2, 0.25) is 0 Å². The third-order valence-electron chi connectivity index (χ3n) is 3.10. The van der Waals surface area contributed by atoms with E-state index in [0.29, 0.717) is 17.5 Å². The molecule has 7 heteroatoms. The van der Waals surface area contributed by atoms with Crippen LogP contribution in [0, 0.1) is 5.82 Å². The van der Waals surface area contributed by atoms with Crippen LogP contribution < -0.4 is 10.6 Å². The molecule has 0 spiro atoms. The molecular formula is C17H21FN6. The lowest BCUT2D eigenvalue weighted by Gasteiger charge is -2.12. The molecule has 24 heavy (non-hydrogen) atoms. The second-order valence-corrected chi connectivity index (χ2v) is 5.45. The molecule has 2 aromatic heterocycles. The maximum absolute atomic E-state index is 14.1. The standard InChI is InChI=1S/C17H17FN6.2H2/c1-11(2)20-16-22-15(13-5-3-4-6-14(13)18)23-17(24-16)21-12-7-9-19-10-8-12;;/h3-11H,1-2H3,(H2,19,20,21,22,23,24);2*1H. The zero-order valence-electron chi connectivity index (χ0n) is 13.4. The zero-order valence-corrected chi connectivity index (χ0v) is 13.4. The molecule has 1 aromatic carbocycles. The zero-order chi connectivity index (χ0) is 16.9. The fraction of sp³-hybridized carbons (Fsp3) is 0.176. The van der Waals surface area contributed by atoms with Gasteiger partial charge in [0.25, 0.3) is 0 Å². The molecule has 2 N–H and O–H groups in total. The van der Waals surface area contributed by atoms with Crippen molar-refractivity contribution in [1.82, 2.24) is 19.9 Å². The quantitative estimate of drug-likeness (QED) is 0.733. The third-order valence-corrected chi connectivity index (χ3v) is 3.10. The highest BCUT2D eigenvalue weighted by molar-refractivity contribution is 5.61. The molecule has 0 radical (unpaired) electrons. The van der Waals surface area contributed by atoms with Crippen molar-refractivity contribution in [3.8, 4) is 11.4 Å². The first-order valence-corrected chi connectivity index (χ1v) is 7.56. The van der Waals surface area contributed by atoms with Crippen molar-refractivity contribution >= 4 is 17.6 Å². The molecule has 0 bridgehead atoms. The molecule has 0 saturated heterocycles. The minimum atomic E-state index is -0.381. The van der Waals surface area contributed by atoms with E-state index in [9.17, 15) is 4.39 Å². The summed E-state index contributed by atoms with van der Waals surface area (Å²) in [6.07, 6.45) is 3.32. The number of benzene rings is 1. The molecule has 6 nitrogen and oxygen atoms in total. The van der Waals surface area contributed by atoms with Crippen molar-refractivity contribution in [3.05, 3.63) is 54.6 Å². The topological polar surface area (TPSA) is 75.6 Å². The van der Waals surface area contributed by atoms with Gasteiger partial charge in [-0.2, -0.15) is 15.0 Å². The van der Waals surface area contributed by atoms with E-state index >= 15 is 0 Å². The van der Waals surface area contributed by atoms with Gasteiger partial charge in [0.05, 0.1) is 5.56 Å². The number of hydrogen-bond donors (Lipinski definition) is 2. The molecule has 0 fully saturated rings. The van der Waals surface area contributed by atoms with E-state index in [2.05, 4.69) is 30.6 Å². The van der Waals surface area contributed by atoms with Crippen LogP contribution >= 0.6 is 0 Å². The van der Waals surface area contributed by atoms with Crippen LogP contribution in [0.25, 0.3) is 11.4 Å². The van der Waals surface area contributed by atoms with Crippen molar-refractivity contribution in [2.75, 3.05) is 10.6 Å². The summed E-state index contributed by atoms with van der Waals surface area (Å²) < 4.78 is 14.1. The summed E-state index contributed by atoms with van der Waals surface area (Å²) in [4.78, 5) is 17.0. The van der Waals surface area contributed by atoms with E-state index in [-0.39, 0.29) is 20.5 Å². The number of nitrogens with one attached hydrogen (secondary N) is 2. The maximum atomic E-state index is 14.1. The highest BCUT2D eigenvalue weighted by atomic mass is 19.1. The molecule has 0 atom stereocenters. The van der Waals surface area contributed by atoms with Gasteiger partial charge in [0, 0.05) is 27.0 Å². The van der Waals surface area contributed by atoms with E-state index in [0.717, 1.165) is 5.69 Å². The molecule has 3 aromatic rings. The van der Waals surface area contributed by atoms with Crippen LogP contribution in [-0.4, -0.2) is 26.0 Å². The van der Waals surface area contributed by atoms with E-state index in [4.69, 9.17) is 0 Å². The second kappa shape index (κ2) is 6.99. The van der Waals surface area contributed by atoms with Gasteiger partial charge in [-0.1, -0.05) is 12.1 Å². The van der Waals surface area contributed by atoms with E-state index in [1.807, 2.05) is 13.8 Å². The van der Waals surface area contributed by atoms with Crippen LogP contribution in [0.15, 0.2) is 48.8 Å². The summed E-state index contributed by atoms with van der Waals surface area (Å²) in [6, 6.07) is 10.1. The SMILES string of the molecule is CC(C)Nc1nc(Nc2ccncc2)nc(-c2ccccc2F)n1.[HH].[HH]. The third kappa shape index (κ3) is 3.81. The predicted molar refractivity (Wildman–Crippen MR) is 95.7 cm³/mol. The Kier molecular flexibility index (Phi) is 4.60. The average molecular weight is 328 g/mol. The summed E-state index contributed by atoms with van der Waals surface area (Å²) in [7, 11) is 0. The molecule has 2 heterocycles. The second-order valence-electron chi connectivity index (χ2n) is 5.45. The van der Waals surface area contributed by atoms with Gasteiger partial charge in [0.15, 0.2) is 5.82 Å². The Labute approximate surface area is 142 Å². The summed E-state index contributed by atoms with van der Waals surface area (Å²) in [5, 5.41) is 6.21. The monoisotopic (exact) mass is 328 g/mol.